The molecule has 8 nitrogen and oxygen atoms in total. The molecule has 0 bridgehead atoms. The van der Waals surface area contributed by atoms with E-state index < -0.39 is 8.07 Å². The first kappa shape index (κ1) is 29.8. The highest BCUT2D eigenvalue weighted by molar-refractivity contribution is 6.76. The van der Waals surface area contributed by atoms with Crippen LogP contribution in [0.4, 0.5) is 5.69 Å². The Labute approximate surface area is 250 Å². The van der Waals surface area contributed by atoms with E-state index in [0.717, 1.165) is 66.7 Å². The van der Waals surface area contributed by atoms with Crippen LogP contribution >= 0.6 is 0 Å². The maximum atomic E-state index is 6.34. The summed E-state index contributed by atoms with van der Waals surface area (Å²) in [7, 11) is 0.974. The Morgan fingerprint density at radius 3 is 2.48 bits per heavy atom. The Hall–Kier alpha value is -3.68. The van der Waals surface area contributed by atoms with E-state index in [1.165, 1.54) is 5.69 Å². The van der Waals surface area contributed by atoms with E-state index in [0.29, 0.717) is 31.3 Å². The Bertz CT molecular complexity index is 1540. The number of nitrogens with two attached hydrogens (primary N) is 1. The maximum absolute atomic E-state index is 6.34. The van der Waals surface area contributed by atoms with E-state index in [1.54, 1.807) is 6.33 Å². The number of anilines is 1. The molecule has 0 radical (unpaired) electrons. The number of benzene rings is 2. The number of likely N-dealkylation sites (N-methyl/N-ethyl adjacent to an activating group) is 1. The number of rotatable bonds is 10. The Morgan fingerprint density at radius 2 is 1.74 bits per heavy atom. The van der Waals surface area contributed by atoms with Crippen LogP contribution in [0.1, 0.15) is 5.56 Å². The van der Waals surface area contributed by atoms with Crippen molar-refractivity contribution in [3.63, 3.8) is 0 Å². The summed E-state index contributed by atoms with van der Waals surface area (Å²) in [5.41, 5.74) is 10.7. The molecule has 4 aromatic rings. The van der Waals surface area contributed by atoms with Crippen molar-refractivity contribution in [3.05, 3.63) is 66.5 Å². The molecule has 0 spiro atoms. The minimum atomic E-state index is -1.21. The monoisotopic (exact) mass is 582 g/mol. The fourth-order valence-electron chi connectivity index (χ4n) is 5.00. The van der Waals surface area contributed by atoms with Gasteiger partial charge in [0.2, 0.25) is 5.88 Å². The average Bonchev–Trinajstić information content (AvgIpc) is 3.35. The number of aromatic nitrogens is 3. The average molecular weight is 583 g/mol. The summed E-state index contributed by atoms with van der Waals surface area (Å²) in [5, 5.41) is 0.845. The standard InChI is InChI=1S/C33H42N6O2Si/c1-37-16-18-38(19-17-37)28-13-11-27(12-14-28)31-23-30-32(39(31)25-40-20-21-42(2,3)4)35-24-36-33(30)41-29-10-7-9-26(22-29)8-5-6-15-34/h7,9-14,22-24H,8,15-21,25,34H2,1-4H3. The van der Waals surface area contributed by atoms with Crippen LogP contribution in [0.5, 0.6) is 11.6 Å². The molecule has 42 heavy (non-hydrogen) atoms. The van der Waals surface area contributed by atoms with E-state index in [1.807, 2.05) is 24.3 Å². The minimum Gasteiger partial charge on any atom is -0.438 e. The normalized spacial score (nSPS) is 14.2. The van der Waals surface area contributed by atoms with E-state index in [4.69, 9.17) is 15.2 Å². The molecule has 0 saturated carbocycles. The molecular weight excluding hydrogens is 540 g/mol. The van der Waals surface area contributed by atoms with Gasteiger partial charge >= 0.3 is 0 Å². The first-order valence-electron chi connectivity index (χ1n) is 14.7. The smallest absolute Gasteiger partial charge is 0.231 e. The van der Waals surface area contributed by atoms with Gasteiger partial charge < -0.3 is 29.6 Å². The summed E-state index contributed by atoms with van der Waals surface area (Å²) < 4.78 is 14.7. The zero-order valence-electron chi connectivity index (χ0n) is 25.3. The summed E-state index contributed by atoms with van der Waals surface area (Å²) >= 11 is 0. The van der Waals surface area contributed by atoms with Gasteiger partial charge in [-0.3, -0.25) is 0 Å². The molecule has 2 aromatic heterocycles. The zero-order chi connectivity index (χ0) is 29.5. The van der Waals surface area contributed by atoms with Crippen LogP contribution in [0.15, 0.2) is 60.9 Å². The predicted molar refractivity (Wildman–Crippen MR) is 174 cm³/mol. The van der Waals surface area contributed by atoms with Crippen LogP contribution in [0, 0.1) is 11.8 Å². The number of piperazine rings is 1. The van der Waals surface area contributed by atoms with Crippen molar-refractivity contribution in [2.45, 2.75) is 38.8 Å². The van der Waals surface area contributed by atoms with Crippen molar-refractivity contribution in [1.82, 2.24) is 19.4 Å². The summed E-state index contributed by atoms with van der Waals surface area (Å²) in [5.74, 6) is 7.22. The summed E-state index contributed by atoms with van der Waals surface area (Å²) in [6.07, 6.45) is 2.18. The molecule has 1 aliphatic heterocycles. The lowest BCUT2D eigenvalue weighted by atomic mass is 10.1. The zero-order valence-corrected chi connectivity index (χ0v) is 26.3. The Kier molecular flexibility index (Phi) is 9.60. The lowest BCUT2D eigenvalue weighted by Crippen LogP contribution is -2.44. The van der Waals surface area contributed by atoms with Crippen LogP contribution in [-0.2, 0) is 17.9 Å². The number of ether oxygens (including phenoxy) is 2. The Balaban J connectivity index is 1.45. The molecule has 0 unspecified atom stereocenters. The summed E-state index contributed by atoms with van der Waals surface area (Å²) in [4.78, 5) is 14.0. The molecule has 9 heteroatoms. The van der Waals surface area contributed by atoms with Gasteiger partial charge in [-0.2, -0.15) is 0 Å². The first-order chi connectivity index (χ1) is 20.3. The van der Waals surface area contributed by atoms with Crippen LogP contribution in [0.25, 0.3) is 22.3 Å². The van der Waals surface area contributed by atoms with Crippen molar-refractivity contribution in [1.29, 1.82) is 0 Å². The molecule has 0 atom stereocenters. The van der Waals surface area contributed by atoms with Crippen LogP contribution in [0.3, 0.4) is 0 Å². The second kappa shape index (κ2) is 13.5. The molecule has 1 saturated heterocycles. The van der Waals surface area contributed by atoms with Crippen LogP contribution in [-0.4, -0.2) is 73.9 Å². The molecule has 2 N–H and O–H groups in total. The topological polar surface area (TPSA) is 81.7 Å². The molecule has 0 amide bonds. The third-order valence-electron chi connectivity index (χ3n) is 7.53. The third kappa shape index (κ3) is 7.58. The largest absolute Gasteiger partial charge is 0.438 e. The number of hydrogen-bond donors (Lipinski definition) is 1. The maximum Gasteiger partial charge on any atom is 0.231 e. The quantitative estimate of drug-likeness (QED) is 0.151. The number of nitrogens with zero attached hydrogens (tertiary/aromatic N) is 5. The highest BCUT2D eigenvalue weighted by Crippen LogP contribution is 2.34. The first-order valence-corrected chi connectivity index (χ1v) is 18.4. The molecular formula is C33H42N6O2Si. The highest BCUT2D eigenvalue weighted by atomic mass is 28.3. The van der Waals surface area contributed by atoms with Gasteiger partial charge in [0.25, 0.3) is 0 Å². The van der Waals surface area contributed by atoms with Crippen molar-refractivity contribution in [2.24, 2.45) is 5.73 Å². The molecule has 0 aliphatic carbocycles. The molecule has 1 aliphatic rings. The molecule has 5 rings (SSSR count). The lowest BCUT2D eigenvalue weighted by Gasteiger charge is -2.34. The van der Waals surface area contributed by atoms with Gasteiger partial charge in [-0.05, 0) is 54.6 Å². The van der Waals surface area contributed by atoms with E-state index in [9.17, 15) is 0 Å². The molecule has 2 aromatic carbocycles. The van der Waals surface area contributed by atoms with E-state index >= 15 is 0 Å². The van der Waals surface area contributed by atoms with Crippen molar-refractivity contribution >= 4 is 24.8 Å². The van der Waals surface area contributed by atoms with Gasteiger partial charge in [0.15, 0.2) is 0 Å². The fourth-order valence-corrected chi connectivity index (χ4v) is 5.76. The van der Waals surface area contributed by atoms with Crippen LogP contribution < -0.4 is 15.4 Å². The van der Waals surface area contributed by atoms with Crippen molar-refractivity contribution in [2.75, 3.05) is 51.3 Å². The third-order valence-corrected chi connectivity index (χ3v) is 9.24. The van der Waals surface area contributed by atoms with Gasteiger partial charge in [0.1, 0.15) is 24.5 Å². The van der Waals surface area contributed by atoms with E-state index in [-0.39, 0.29) is 0 Å². The van der Waals surface area contributed by atoms with Gasteiger partial charge in [0, 0.05) is 53.0 Å². The lowest BCUT2D eigenvalue weighted by molar-refractivity contribution is 0.0909. The SMILES string of the molecule is CN1CCN(c2ccc(-c3cc4c(Oc5cccc(CC#CCN)c5)ncnc4n3COCC[Si](C)(C)C)cc2)CC1. The fraction of sp³-hybridized carbons (Fsp3) is 0.394. The number of hydrogen-bond acceptors (Lipinski definition) is 7. The minimum absolute atomic E-state index is 0.356. The van der Waals surface area contributed by atoms with Gasteiger partial charge in [-0.1, -0.05) is 55.7 Å². The summed E-state index contributed by atoms with van der Waals surface area (Å²) in [6.45, 7) is 12.8. The molecule has 3 heterocycles. The van der Waals surface area contributed by atoms with E-state index in [2.05, 4.69) is 93.2 Å². The van der Waals surface area contributed by atoms with Crippen molar-refractivity contribution in [3.8, 4) is 34.7 Å². The van der Waals surface area contributed by atoms with Gasteiger partial charge in [0.05, 0.1) is 17.6 Å². The summed E-state index contributed by atoms with van der Waals surface area (Å²) in [6, 6.07) is 20.0. The second-order valence-electron chi connectivity index (χ2n) is 12.0. The Morgan fingerprint density at radius 1 is 0.952 bits per heavy atom. The highest BCUT2D eigenvalue weighted by Gasteiger charge is 2.19. The molecule has 220 valence electrons. The van der Waals surface area contributed by atoms with Crippen LogP contribution in [0.2, 0.25) is 25.7 Å². The number of fused-ring (bicyclic) bond motifs is 1. The van der Waals surface area contributed by atoms with Gasteiger partial charge in [-0.15, -0.1) is 0 Å². The second-order valence-corrected chi connectivity index (χ2v) is 17.7. The molecule has 1 fully saturated rings. The van der Waals surface area contributed by atoms with Crippen molar-refractivity contribution < 1.29 is 9.47 Å². The van der Waals surface area contributed by atoms with Gasteiger partial charge in [-0.25, -0.2) is 9.97 Å². The predicted octanol–water partition coefficient (Wildman–Crippen LogP) is 5.46.